The third kappa shape index (κ3) is 3.77. The van der Waals surface area contributed by atoms with E-state index < -0.39 is 0 Å². The van der Waals surface area contributed by atoms with Crippen molar-refractivity contribution >= 4 is 44.8 Å². The number of hydrogen-bond donors (Lipinski definition) is 1. The van der Waals surface area contributed by atoms with Gasteiger partial charge in [0, 0.05) is 29.8 Å². The number of carbonyl (C=O) groups excluding carboxylic acids is 1. The third-order valence-corrected chi connectivity index (χ3v) is 3.93. The first-order valence-corrected chi connectivity index (χ1v) is 7.60. The van der Waals surface area contributed by atoms with Gasteiger partial charge >= 0.3 is 0 Å². The number of benzene rings is 2. The van der Waals surface area contributed by atoms with Gasteiger partial charge in [-0.3, -0.25) is 4.79 Å². The molecular weight excluding hydrogens is 352 g/mol. The summed E-state index contributed by atoms with van der Waals surface area (Å²) in [5.41, 5.74) is 3.15. The molecule has 0 aromatic heterocycles. The highest BCUT2D eigenvalue weighted by atomic mass is 79.9. The number of anilines is 2. The third-order valence-electron chi connectivity index (χ3n) is 3.13. The summed E-state index contributed by atoms with van der Waals surface area (Å²) in [4.78, 5) is 14.3. The van der Waals surface area contributed by atoms with Crippen LogP contribution < -0.4 is 10.2 Å². The van der Waals surface area contributed by atoms with Gasteiger partial charge in [0.15, 0.2) is 0 Å². The quantitative estimate of drug-likeness (QED) is 0.850. The molecule has 0 fully saturated rings. The van der Waals surface area contributed by atoms with Crippen LogP contribution in [0.4, 0.5) is 11.4 Å². The molecule has 110 valence electrons. The summed E-state index contributed by atoms with van der Waals surface area (Å²) in [7, 11) is 3.84. The van der Waals surface area contributed by atoms with Gasteiger partial charge in [0.05, 0.1) is 10.7 Å². The molecule has 0 atom stereocenters. The van der Waals surface area contributed by atoms with Crippen LogP contribution in [0.25, 0.3) is 0 Å². The predicted octanol–water partition coefficient (Wildman–Crippen LogP) is 4.73. The van der Waals surface area contributed by atoms with Crippen molar-refractivity contribution in [3.63, 3.8) is 0 Å². The van der Waals surface area contributed by atoms with Crippen molar-refractivity contribution in [1.82, 2.24) is 0 Å². The van der Waals surface area contributed by atoms with Crippen LogP contribution in [0.15, 0.2) is 40.9 Å². The van der Waals surface area contributed by atoms with E-state index in [1.165, 1.54) is 0 Å². The fraction of sp³-hybridized carbons (Fsp3) is 0.188. The largest absolute Gasteiger partial charge is 0.376 e. The second-order valence-corrected chi connectivity index (χ2v) is 6.30. The van der Waals surface area contributed by atoms with Crippen LogP contribution in [0, 0.1) is 6.92 Å². The lowest BCUT2D eigenvalue weighted by atomic mass is 10.1. The van der Waals surface area contributed by atoms with Crippen molar-refractivity contribution in [3.05, 3.63) is 57.0 Å². The number of aryl methyl sites for hydroxylation is 1. The standard InChI is InChI=1S/C16H16BrClN2O/c1-10-4-5-11(17)8-13(10)16(21)19-12-6-7-15(20(2)3)14(18)9-12/h4-9H,1-3H3,(H,19,21). The van der Waals surface area contributed by atoms with E-state index in [1.54, 1.807) is 12.1 Å². The van der Waals surface area contributed by atoms with Crippen LogP contribution in [0.1, 0.15) is 15.9 Å². The first kappa shape index (κ1) is 15.9. The molecule has 0 heterocycles. The van der Waals surface area contributed by atoms with Crippen LogP contribution in [0.2, 0.25) is 5.02 Å². The number of amides is 1. The van der Waals surface area contributed by atoms with Crippen LogP contribution >= 0.6 is 27.5 Å². The topological polar surface area (TPSA) is 32.3 Å². The van der Waals surface area contributed by atoms with Crippen molar-refractivity contribution in [2.75, 3.05) is 24.3 Å². The van der Waals surface area contributed by atoms with Gasteiger partial charge in [0.1, 0.15) is 0 Å². The molecule has 2 aromatic rings. The second kappa shape index (κ2) is 6.50. The molecule has 0 saturated carbocycles. The van der Waals surface area contributed by atoms with E-state index >= 15 is 0 Å². The maximum absolute atomic E-state index is 12.3. The highest BCUT2D eigenvalue weighted by molar-refractivity contribution is 9.10. The smallest absolute Gasteiger partial charge is 0.255 e. The summed E-state index contributed by atoms with van der Waals surface area (Å²) < 4.78 is 0.874. The Balaban J connectivity index is 2.24. The van der Waals surface area contributed by atoms with Crippen molar-refractivity contribution in [1.29, 1.82) is 0 Å². The molecule has 0 aliphatic heterocycles. The molecule has 0 radical (unpaired) electrons. The predicted molar refractivity (Wildman–Crippen MR) is 92.6 cm³/mol. The van der Waals surface area contributed by atoms with E-state index in [-0.39, 0.29) is 5.91 Å². The van der Waals surface area contributed by atoms with E-state index in [9.17, 15) is 4.79 Å². The Hall–Kier alpha value is -1.52. The number of hydrogen-bond acceptors (Lipinski definition) is 2. The van der Waals surface area contributed by atoms with Crippen LogP contribution in [-0.4, -0.2) is 20.0 Å². The lowest BCUT2D eigenvalue weighted by molar-refractivity contribution is 0.102. The first-order valence-electron chi connectivity index (χ1n) is 6.43. The lowest BCUT2D eigenvalue weighted by Gasteiger charge is -2.15. The van der Waals surface area contributed by atoms with E-state index in [0.29, 0.717) is 16.3 Å². The van der Waals surface area contributed by atoms with E-state index in [4.69, 9.17) is 11.6 Å². The molecule has 0 bridgehead atoms. The summed E-state index contributed by atoms with van der Waals surface area (Å²) in [6.07, 6.45) is 0. The summed E-state index contributed by atoms with van der Waals surface area (Å²) >= 11 is 9.59. The average Bonchev–Trinajstić information content (AvgIpc) is 2.41. The molecular formula is C16H16BrClN2O. The zero-order valence-electron chi connectivity index (χ0n) is 12.1. The molecule has 5 heteroatoms. The summed E-state index contributed by atoms with van der Waals surface area (Å²) in [6.45, 7) is 1.91. The van der Waals surface area contributed by atoms with E-state index in [2.05, 4.69) is 21.2 Å². The summed E-state index contributed by atoms with van der Waals surface area (Å²) in [5, 5.41) is 3.47. The maximum atomic E-state index is 12.3. The highest BCUT2D eigenvalue weighted by Gasteiger charge is 2.11. The van der Waals surface area contributed by atoms with Gasteiger partial charge in [-0.15, -0.1) is 0 Å². The van der Waals surface area contributed by atoms with Gasteiger partial charge in [0.2, 0.25) is 0 Å². The second-order valence-electron chi connectivity index (χ2n) is 4.97. The monoisotopic (exact) mass is 366 g/mol. The van der Waals surface area contributed by atoms with Crippen molar-refractivity contribution < 1.29 is 4.79 Å². The molecule has 0 unspecified atom stereocenters. The Morgan fingerprint density at radius 1 is 1.19 bits per heavy atom. The number of carbonyl (C=O) groups is 1. The Kier molecular flexibility index (Phi) is 4.91. The van der Waals surface area contributed by atoms with E-state index in [1.807, 2.05) is 50.2 Å². The van der Waals surface area contributed by atoms with Gasteiger partial charge in [-0.1, -0.05) is 33.6 Å². The molecule has 0 spiro atoms. The maximum Gasteiger partial charge on any atom is 0.255 e. The van der Waals surface area contributed by atoms with Gasteiger partial charge < -0.3 is 10.2 Å². The fourth-order valence-electron chi connectivity index (χ4n) is 1.98. The number of halogens is 2. The lowest BCUT2D eigenvalue weighted by Crippen LogP contribution is -2.14. The summed E-state index contributed by atoms with van der Waals surface area (Å²) in [6, 6.07) is 11.1. The first-order chi connectivity index (χ1) is 9.88. The Morgan fingerprint density at radius 2 is 1.90 bits per heavy atom. The highest BCUT2D eigenvalue weighted by Crippen LogP contribution is 2.28. The molecule has 1 N–H and O–H groups in total. The Bertz CT molecular complexity index is 686. The molecule has 3 nitrogen and oxygen atoms in total. The SMILES string of the molecule is Cc1ccc(Br)cc1C(=O)Nc1ccc(N(C)C)c(Cl)c1. The minimum Gasteiger partial charge on any atom is -0.376 e. The van der Waals surface area contributed by atoms with E-state index in [0.717, 1.165) is 15.7 Å². The number of nitrogens with zero attached hydrogens (tertiary/aromatic N) is 1. The zero-order valence-corrected chi connectivity index (χ0v) is 14.4. The van der Waals surface area contributed by atoms with Crippen molar-refractivity contribution in [2.45, 2.75) is 6.92 Å². The van der Waals surface area contributed by atoms with Gasteiger partial charge in [-0.25, -0.2) is 0 Å². The Morgan fingerprint density at radius 3 is 2.52 bits per heavy atom. The molecule has 0 aliphatic rings. The molecule has 2 rings (SSSR count). The minimum atomic E-state index is -0.150. The molecule has 0 aliphatic carbocycles. The normalized spacial score (nSPS) is 10.3. The van der Waals surface area contributed by atoms with Gasteiger partial charge in [-0.05, 0) is 42.8 Å². The fourth-order valence-corrected chi connectivity index (χ4v) is 2.70. The van der Waals surface area contributed by atoms with Crippen LogP contribution in [0.5, 0.6) is 0 Å². The van der Waals surface area contributed by atoms with Crippen molar-refractivity contribution in [2.24, 2.45) is 0 Å². The molecule has 1 amide bonds. The zero-order chi connectivity index (χ0) is 15.6. The minimum absolute atomic E-state index is 0.150. The van der Waals surface area contributed by atoms with Crippen molar-refractivity contribution in [3.8, 4) is 0 Å². The number of nitrogens with one attached hydrogen (secondary N) is 1. The summed E-state index contributed by atoms with van der Waals surface area (Å²) in [5.74, 6) is -0.150. The van der Waals surface area contributed by atoms with Gasteiger partial charge in [-0.2, -0.15) is 0 Å². The number of rotatable bonds is 3. The van der Waals surface area contributed by atoms with Gasteiger partial charge in [0.25, 0.3) is 5.91 Å². The molecule has 0 saturated heterocycles. The molecule has 21 heavy (non-hydrogen) atoms. The Labute approximate surface area is 138 Å². The average molecular weight is 368 g/mol. The molecule has 2 aromatic carbocycles. The van der Waals surface area contributed by atoms with Crippen LogP contribution in [-0.2, 0) is 0 Å². The van der Waals surface area contributed by atoms with Crippen LogP contribution in [0.3, 0.4) is 0 Å².